The minimum Gasteiger partial charge on any atom is -0.353 e. The largest absolute Gasteiger partial charge is 0.353 e. The van der Waals surface area contributed by atoms with E-state index in [-0.39, 0.29) is 6.29 Å². The number of ether oxygens (including phenoxy) is 2. The Morgan fingerprint density at radius 3 is 1.50 bits per heavy atom. The third kappa shape index (κ3) is 7.64. The highest BCUT2D eigenvalue weighted by Crippen LogP contribution is 2.25. The second-order valence-corrected chi connectivity index (χ2v) is 11.4. The molecule has 0 radical (unpaired) electrons. The van der Waals surface area contributed by atoms with Crippen molar-refractivity contribution in [3.63, 3.8) is 0 Å². The standard InChI is InChI=1S/C40H40O2/c1-2-13-31(14-3-1)26-34-17-4-6-19-36(34)28-38-21-8-9-22-39(38)29-37-20-7-5-18-35(37)27-32-15-12-16-33(25-32)30-42-40-23-10-11-24-41-40/h1-9,12-22,25,40H,10-11,23-24,26-30H2. The van der Waals surface area contributed by atoms with Gasteiger partial charge < -0.3 is 9.47 Å². The normalized spacial score (nSPS) is 15.0. The maximum Gasteiger partial charge on any atom is 0.158 e. The molecule has 1 atom stereocenters. The van der Waals surface area contributed by atoms with Gasteiger partial charge in [-0.3, -0.25) is 0 Å². The van der Waals surface area contributed by atoms with E-state index in [4.69, 9.17) is 9.47 Å². The van der Waals surface area contributed by atoms with E-state index >= 15 is 0 Å². The van der Waals surface area contributed by atoms with Crippen LogP contribution in [0.2, 0.25) is 0 Å². The van der Waals surface area contributed by atoms with E-state index in [1.807, 2.05) is 0 Å². The molecule has 0 saturated carbocycles. The van der Waals surface area contributed by atoms with Crippen molar-refractivity contribution in [1.29, 1.82) is 0 Å². The van der Waals surface area contributed by atoms with E-state index in [1.165, 1.54) is 56.5 Å². The Bertz CT molecular complexity index is 1570. The highest BCUT2D eigenvalue weighted by atomic mass is 16.7. The molecule has 1 aliphatic heterocycles. The van der Waals surface area contributed by atoms with Crippen molar-refractivity contribution in [2.24, 2.45) is 0 Å². The summed E-state index contributed by atoms with van der Waals surface area (Å²) in [6.07, 6.45) is 6.99. The summed E-state index contributed by atoms with van der Waals surface area (Å²) in [5.41, 5.74) is 12.2. The van der Waals surface area contributed by atoms with Crippen molar-refractivity contribution in [3.8, 4) is 0 Å². The van der Waals surface area contributed by atoms with Gasteiger partial charge in [0.1, 0.15) is 0 Å². The Balaban J connectivity index is 1.17. The van der Waals surface area contributed by atoms with Crippen molar-refractivity contribution in [3.05, 3.63) is 177 Å². The molecule has 1 aliphatic rings. The fourth-order valence-electron chi connectivity index (χ4n) is 6.01. The van der Waals surface area contributed by atoms with E-state index in [0.717, 1.165) is 45.1 Å². The first-order valence-corrected chi connectivity index (χ1v) is 15.4. The molecule has 1 fully saturated rings. The molecule has 0 N–H and O–H groups in total. The molecule has 1 unspecified atom stereocenters. The van der Waals surface area contributed by atoms with Gasteiger partial charge in [-0.25, -0.2) is 0 Å². The molecule has 0 amide bonds. The van der Waals surface area contributed by atoms with Crippen LogP contribution in [0.4, 0.5) is 0 Å². The molecular formula is C40H40O2. The van der Waals surface area contributed by atoms with Crippen LogP contribution < -0.4 is 0 Å². The summed E-state index contributed by atoms with van der Waals surface area (Å²) in [5, 5.41) is 0. The van der Waals surface area contributed by atoms with E-state index in [0.29, 0.717) is 6.61 Å². The van der Waals surface area contributed by atoms with Gasteiger partial charge >= 0.3 is 0 Å². The first-order valence-electron chi connectivity index (χ1n) is 15.4. The second-order valence-electron chi connectivity index (χ2n) is 11.4. The second kappa shape index (κ2) is 14.3. The predicted molar refractivity (Wildman–Crippen MR) is 172 cm³/mol. The predicted octanol–water partition coefficient (Wildman–Crippen LogP) is 9.09. The van der Waals surface area contributed by atoms with Gasteiger partial charge in [-0.1, -0.05) is 127 Å². The fraction of sp³-hybridized carbons (Fsp3) is 0.250. The van der Waals surface area contributed by atoms with E-state index in [1.54, 1.807) is 0 Å². The lowest BCUT2D eigenvalue weighted by molar-refractivity contribution is -0.168. The van der Waals surface area contributed by atoms with Gasteiger partial charge in [-0.15, -0.1) is 0 Å². The van der Waals surface area contributed by atoms with Crippen LogP contribution in [0.1, 0.15) is 69.3 Å². The summed E-state index contributed by atoms with van der Waals surface area (Å²) >= 11 is 0. The Morgan fingerprint density at radius 1 is 0.476 bits per heavy atom. The summed E-state index contributed by atoms with van der Waals surface area (Å²) in [4.78, 5) is 0. The number of rotatable bonds is 11. The fourth-order valence-corrected chi connectivity index (χ4v) is 6.01. The van der Waals surface area contributed by atoms with Crippen LogP contribution in [0, 0.1) is 0 Å². The highest BCUT2D eigenvalue weighted by Gasteiger charge is 2.14. The quantitative estimate of drug-likeness (QED) is 0.163. The van der Waals surface area contributed by atoms with Crippen molar-refractivity contribution >= 4 is 0 Å². The Labute approximate surface area is 251 Å². The van der Waals surface area contributed by atoms with E-state index < -0.39 is 0 Å². The average molecular weight is 553 g/mol. The average Bonchev–Trinajstić information content (AvgIpc) is 3.04. The third-order valence-corrected chi connectivity index (χ3v) is 8.31. The van der Waals surface area contributed by atoms with Gasteiger partial charge in [0.2, 0.25) is 0 Å². The molecule has 212 valence electrons. The minimum atomic E-state index is -0.0616. The van der Waals surface area contributed by atoms with Crippen LogP contribution in [-0.2, 0) is 41.8 Å². The van der Waals surface area contributed by atoms with Gasteiger partial charge in [0.05, 0.1) is 6.61 Å². The molecule has 0 bridgehead atoms. The molecule has 42 heavy (non-hydrogen) atoms. The lowest BCUT2D eigenvalue weighted by Crippen LogP contribution is -2.22. The molecular weight excluding hydrogens is 512 g/mol. The molecule has 5 aromatic rings. The molecule has 6 rings (SSSR count). The first-order chi connectivity index (χ1) is 20.8. The first kappa shape index (κ1) is 28.2. The summed E-state index contributed by atoms with van der Waals surface area (Å²) in [6.45, 7) is 1.41. The monoisotopic (exact) mass is 552 g/mol. The van der Waals surface area contributed by atoms with Crippen LogP contribution in [0.15, 0.2) is 127 Å². The lowest BCUT2D eigenvalue weighted by Gasteiger charge is -2.22. The van der Waals surface area contributed by atoms with Crippen molar-refractivity contribution in [2.45, 2.75) is 57.8 Å². The van der Waals surface area contributed by atoms with Crippen molar-refractivity contribution in [1.82, 2.24) is 0 Å². The zero-order chi connectivity index (χ0) is 28.4. The van der Waals surface area contributed by atoms with Crippen molar-refractivity contribution in [2.75, 3.05) is 6.61 Å². The van der Waals surface area contributed by atoms with Crippen LogP contribution >= 0.6 is 0 Å². The van der Waals surface area contributed by atoms with Crippen LogP contribution in [-0.4, -0.2) is 12.9 Å². The summed E-state index contributed by atoms with van der Waals surface area (Å²) < 4.78 is 11.8. The molecule has 1 saturated heterocycles. The molecule has 0 spiro atoms. The summed E-state index contributed by atoms with van der Waals surface area (Å²) in [7, 11) is 0. The van der Waals surface area contributed by atoms with Gasteiger partial charge in [-0.05, 0) is 95.0 Å². The highest BCUT2D eigenvalue weighted by molar-refractivity contribution is 5.43. The van der Waals surface area contributed by atoms with Crippen molar-refractivity contribution < 1.29 is 9.47 Å². The summed E-state index contributed by atoms with van der Waals surface area (Å²) in [5.74, 6) is 0. The number of hydrogen-bond donors (Lipinski definition) is 0. The molecule has 0 aliphatic carbocycles. The van der Waals surface area contributed by atoms with Gasteiger partial charge in [0, 0.05) is 6.61 Å². The molecule has 2 nitrogen and oxygen atoms in total. The van der Waals surface area contributed by atoms with E-state index in [2.05, 4.69) is 127 Å². The Hall–Kier alpha value is -3.98. The number of hydrogen-bond acceptors (Lipinski definition) is 2. The number of benzene rings is 5. The van der Waals surface area contributed by atoms with Crippen LogP contribution in [0.3, 0.4) is 0 Å². The lowest BCUT2D eigenvalue weighted by atomic mass is 9.89. The summed E-state index contributed by atoms with van der Waals surface area (Å²) in [6, 6.07) is 46.4. The zero-order valence-corrected chi connectivity index (χ0v) is 24.4. The van der Waals surface area contributed by atoms with Gasteiger partial charge in [0.15, 0.2) is 6.29 Å². The third-order valence-electron chi connectivity index (χ3n) is 8.31. The zero-order valence-electron chi connectivity index (χ0n) is 24.4. The topological polar surface area (TPSA) is 18.5 Å². The molecule has 0 aromatic heterocycles. The van der Waals surface area contributed by atoms with Crippen LogP contribution in [0.25, 0.3) is 0 Å². The van der Waals surface area contributed by atoms with E-state index in [9.17, 15) is 0 Å². The maximum absolute atomic E-state index is 6.06. The smallest absolute Gasteiger partial charge is 0.158 e. The van der Waals surface area contributed by atoms with Gasteiger partial charge in [-0.2, -0.15) is 0 Å². The Kier molecular flexibility index (Phi) is 9.56. The molecule has 5 aromatic carbocycles. The van der Waals surface area contributed by atoms with Gasteiger partial charge in [0.25, 0.3) is 0 Å². The minimum absolute atomic E-state index is 0.0616. The maximum atomic E-state index is 6.06. The Morgan fingerprint density at radius 2 is 0.952 bits per heavy atom. The molecule has 1 heterocycles. The SMILES string of the molecule is c1ccc(Cc2ccccc2Cc2ccccc2Cc2ccccc2Cc2cccc(COC3CCCCO3)c2)cc1. The van der Waals surface area contributed by atoms with Crippen LogP contribution in [0.5, 0.6) is 0 Å². The molecule has 2 heteroatoms.